The Morgan fingerprint density at radius 2 is 2.05 bits per heavy atom. The molecule has 0 radical (unpaired) electrons. The van der Waals surface area contributed by atoms with Crippen LogP contribution in [-0.4, -0.2) is 11.0 Å². The Morgan fingerprint density at radius 3 is 2.70 bits per heavy atom. The van der Waals surface area contributed by atoms with Crippen LogP contribution in [-0.2, 0) is 6.54 Å². The lowest BCUT2D eigenvalue weighted by Crippen LogP contribution is -2.34. The van der Waals surface area contributed by atoms with Gasteiger partial charge in [0.15, 0.2) is 0 Å². The van der Waals surface area contributed by atoms with Crippen LogP contribution in [0.3, 0.4) is 0 Å². The maximum absolute atomic E-state index is 13.3. The molecular weight excluding hydrogens is 259 g/mol. The molecule has 0 bridgehead atoms. The van der Waals surface area contributed by atoms with Crippen molar-refractivity contribution in [3.05, 3.63) is 39.7 Å². The van der Waals surface area contributed by atoms with E-state index in [9.17, 15) is 14.5 Å². The van der Waals surface area contributed by atoms with E-state index in [1.807, 2.05) is 0 Å². The van der Waals surface area contributed by atoms with E-state index >= 15 is 0 Å². The molecule has 0 heterocycles. The highest BCUT2D eigenvalue weighted by Gasteiger charge is 2.19. The molecule has 1 saturated carbocycles. The first-order valence-corrected chi connectivity index (χ1v) is 7.23. The van der Waals surface area contributed by atoms with Crippen molar-refractivity contribution < 1.29 is 9.31 Å². The Labute approximate surface area is 118 Å². The van der Waals surface area contributed by atoms with Crippen LogP contribution in [0.4, 0.5) is 10.1 Å². The van der Waals surface area contributed by atoms with Gasteiger partial charge in [0.25, 0.3) is 5.69 Å². The van der Waals surface area contributed by atoms with Gasteiger partial charge in [0.1, 0.15) is 5.82 Å². The van der Waals surface area contributed by atoms with Crippen molar-refractivity contribution in [1.29, 1.82) is 0 Å². The van der Waals surface area contributed by atoms with Crippen molar-refractivity contribution in [1.82, 2.24) is 5.32 Å². The van der Waals surface area contributed by atoms with Crippen molar-refractivity contribution in [3.8, 4) is 0 Å². The van der Waals surface area contributed by atoms with Gasteiger partial charge in [-0.1, -0.05) is 19.3 Å². The van der Waals surface area contributed by atoms with E-state index < -0.39 is 10.7 Å². The summed E-state index contributed by atoms with van der Waals surface area (Å²) in [4.78, 5) is 10.2. The average molecular weight is 280 g/mol. The van der Waals surface area contributed by atoms with Crippen LogP contribution in [0.1, 0.15) is 44.6 Å². The maximum Gasteiger partial charge on any atom is 0.272 e. The van der Waals surface area contributed by atoms with Crippen molar-refractivity contribution in [2.45, 2.75) is 51.6 Å². The minimum absolute atomic E-state index is 0.188. The number of non-ortho nitro benzene ring substituents is 1. The van der Waals surface area contributed by atoms with Gasteiger partial charge in [0.05, 0.1) is 11.0 Å². The summed E-state index contributed by atoms with van der Waals surface area (Å²) >= 11 is 0. The highest BCUT2D eigenvalue weighted by atomic mass is 19.1. The summed E-state index contributed by atoms with van der Waals surface area (Å²) in [5, 5.41) is 14.1. The van der Waals surface area contributed by atoms with E-state index in [-0.39, 0.29) is 5.69 Å². The van der Waals surface area contributed by atoms with E-state index in [1.54, 1.807) is 0 Å². The van der Waals surface area contributed by atoms with E-state index in [4.69, 9.17) is 0 Å². The SMILES string of the molecule is CC(NCc1cc(F)cc([N+](=O)[O-])c1)C1CCCCC1. The van der Waals surface area contributed by atoms with E-state index in [0.717, 1.165) is 6.07 Å². The fraction of sp³-hybridized carbons (Fsp3) is 0.600. The Morgan fingerprint density at radius 1 is 1.35 bits per heavy atom. The van der Waals surface area contributed by atoms with Crippen LogP contribution >= 0.6 is 0 Å². The van der Waals surface area contributed by atoms with E-state index in [0.29, 0.717) is 24.1 Å². The average Bonchev–Trinajstić information content (AvgIpc) is 2.45. The maximum atomic E-state index is 13.3. The van der Waals surface area contributed by atoms with Gasteiger partial charge in [0.2, 0.25) is 0 Å². The second-order valence-electron chi connectivity index (χ2n) is 5.64. The largest absolute Gasteiger partial charge is 0.310 e. The lowest BCUT2D eigenvalue weighted by atomic mass is 9.84. The molecule has 110 valence electrons. The molecule has 0 saturated heterocycles. The Hall–Kier alpha value is -1.49. The van der Waals surface area contributed by atoms with Gasteiger partial charge in [-0.2, -0.15) is 0 Å². The number of nitrogens with zero attached hydrogens (tertiary/aromatic N) is 1. The Balaban J connectivity index is 1.94. The molecule has 1 N–H and O–H groups in total. The summed E-state index contributed by atoms with van der Waals surface area (Å²) < 4.78 is 13.3. The van der Waals surface area contributed by atoms with Crippen molar-refractivity contribution in [2.24, 2.45) is 5.92 Å². The number of hydrogen-bond donors (Lipinski definition) is 1. The summed E-state index contributed by atoms with van der Waals surface area (Å²) in [7, 11) is 0. The first-order chi connectivity index (χ1) is 9.56. The highest BCUT2D eigenvalue weighted by molar-refractivity contribution is 5.35. The molecule has 0 spiro atoms. The summed E-state index contributed by atoms with van der Waals surface area (Å²) in [5.74, 6) is 0.105. The molecule has 1 aliphatic rings. The number of benzene rings is 1. The standard InChI is InChI=1S/C15H21FN2O2/c1-11(13-5-3-2-4-6-13)17-10-12-7-14(16)9-15(8-12)18(19)20/h7-9,11,13,17H,2-6,10H2,1H3. The van der Waals surface area contributed by atoms with E-state index in [1.165, 1.54) is 44.2 Å². The number of nitro benzene ring substituents is 1. The van der Waals surface area contributed by atoms with Crippen LogP contribution in [0, 0.1) is 21.8 Å². The van der Waals surface area contributed by atoms with Crippen LogP contribution in [0.5, 0.6) is 0 Å². The first-order valence-electron chi connectivity index (χ1n) is 7.23. The third-order valence-corrected chi connectivity index (χ3v) is 4.14. The lowest BCUT2D eigenvalue weighted by Gasteiger charge is -2.28. The summed E-state index contributed by atoms with van der Waals surface area (Å²) in [6.45, 7) is 2.61. The van der Waals surface area contributed by atoms with Crippen molar-refractivity contribution in [3.63, 3.8) is 0 Å². The highest BCUT2D eigenvalue weighted by Crippen LogP contribution is 2.26. The Bertz CT molecular complexity index is 473. The number of nitrogens with one attached hydrogen (secondary N) is 1. The fourth-order valence-corrected chi connectivity index (χ4v) is 2.92. The summed E-state index contributed by atoms with van der Waals surface area (Å²) in [5.41, 5.74) is 0.437. The second kappa shape index (κ2) is 6.79. The molecule has 0 aromatic heterocycles. The zero-order chi connectivity index (χ0) is 14.5. The molecule has 1 aliphatic carbocycles. The monoisotopic (exact) mass is 280 g/mol. The van der Waals surface area contributed by atoms with Crippen LogP contribution in [0.25, 0.3) is 0 Å². The fourth-order valence-electron chi connectivity index (χ4n) is 2.92. The predicted octanol–water partition coefficient (Wildman–Crippen LogP) is 3.79. The molecule has 20 heavy (non-hydrogen) atoms. The van der Waals surface area contributed by atoms with Crippen molar-refractivity contribution >= 4 is 5.69 Å². The van der Waals surface area contributed by atoms with Crippen LogP contribution in [0.2, 0.25) is 0 Å². The summed E-state index contributed by atoms with van der Waals surface area (Å²) in [6, 6.07) is 4.10. The molecule has 1 fully saturated rings. The van der Waals surface area contributed by atoms with Gasteiger partial charge in [-0.3, -0.25) is 10.1 Å². The second-order valence-corrected chi connectivity index (χ2v) is 5.64. The molecule has 1 unspecified atom stereocenters. The smallest absolute Gasteiger partial charge is 0.272 e. The lowest BCUT2D eigenvalue weighted by molar-refractivity contribution is -0.385. The third kappa shape index (κ3) is 4.00. The predicted molar refractivity (Wildman–Crippen MR) is 75.9 cm³/mol. The molecule has 0 aliphatic heterocycles. The first kappa shape index (κ1) is 14.9. The molecule has 4 nitrogen and oxygen atoms in total. The van der Waals surface area contributed by atoms with Gasteiger partial charge >= 0.3 is 0 Å². The van der Waals surface area contributed by atoms with Gasteiger partial charge in [0, 0.05) is 18.7 Å². The van der Waals surface area contributed by atoms with Crippen LogP contribution < -0.4 is 5.32 Å². The van der Waals surface area contributed by atoms with Gasteiger partial charge < -0.3 is 5.32 Å². The number of hydrogen-bond acceptors (Lipinski definition) is 3. The molecular formula is C15H21FN2O2. The molecule has 0 amide bonds. The zero-order valence-corrected chi connectivity index (χ0v) is 11.8. The van der Waals surface area contributed by atoms with Crippen LogP contribution in [0.15, 0.2) is 18.2 Å². The zero-order valence-electron chi connectivity index (χ0n) is 11.8. The minimum Gasteiger partial charge on any atom is -0.310 e. The molecule has 1 atom stereocenters. The Kier molecular flexibility index (Phi) is 5.06. The van der Waals surface area contributed by atoms with Crippen molar-refractivity contribution in [2.75, 3.05) is 0 Å². The number of rotatable bonds is 5. The molecule has 1 aromatic carbocycles. The number of nitro groups is 1. The van der Waals surface area contributed by atoms with Gasteiger partial charge in [-0.25, -0.2) is 4.39 Å². The normalized spacial score (nSPS) is 17.9. The minimum atomic E-state index is -0.558. The molecule has 1 aromatic rings. The molecule has 5 heteroatoms. The molecule has 2 rings (SSSR count). The topological polar surface area (TPSA) is 55.2 Å². The quantitative estimate of drug-likeness (QED) is 0.659. The van der Waals surface area contributed by atoms with E-state index in [2.05, 4.69) is 12.2 Å². The third-order valence-electron chi connectivity index (χ3n) is 4.14. The van der Waals surface area contributed by atoms with Gasteiger partial charge in [-0.05, 0) is 37.3 Å². The van der Waals surface area contributed by atoms with Gasteiger partial charge in [-0.15, -0.1) is 0 Å². The number of halogens is 1. The summed E-state index contributed by atoms with van der Waals surface area (Å²) in [6.07, 6.45) is 6.35.